The van der Waals surface area contributed by atoms with Gasteiger partial charge >= 0.3 is 7.12 Å². The van der Waals surface area contributed by atoms with Gasteiger partial charge in [0.25, 0.3) is 0 Å². The number of aryl methyl sites for hydroxylation is 8. The number of nitrogen functional groups attached to an aromatic ring is 1. The first kappa shape index (κ1) is 69.2. The number of anilines is 4. The molecule has 3 aliphatic carbocycles. The minimum absolute atomic E-state index is 0.377. The summed E-state index contributed by atoms with van der Waals surface area (Å²) in [6.45, 7) is 21.3. The highest BCUT2D eigenvalue weighted by molar-refractivity contribution is 6.52. The lowest BCUT2D eigenvalue weighted by Gasteiger charge is -2.25. The number of alkyl halides is 1. The van der Waals surface area contributed by atoms with Crippen molar-refractivity contribution in [2.45, 2.75) is 47.0 Å². The Morgan fingerprint density at radius 2 is 0.884 bits per heavy atom. The number of ether oxygens (including phenoxy) is 3. The Balaban J connectivity index is 0.000000143. The highest BCUT2D eigenvalue weighted by atomic mass is 35.5. The molecule has 0 aromatic carbocycles. The molecule has 0 bridgehead atoms. The van der Waals surface area contributed by atoms with E-state index < -0.39 is 7.12 Å². The second-order valence-corrected chi connectivity index (χ2v) is 24.3. The molecule has 0 fully saturated rings. The fourth-order valence-electron chi connectivity index (χ4n) is 11.2. The molecule has 0 saturated carbocycles. The first-order valence-corrected chi connectivity index (χ1v) is 31.6. The third-order valence-electron chi connectivity index (χ3n) is 16.9. The van der Waals surface area contributed by atoms with Crippen LogP contribution in [-0.4, -0.2) is 132 Å². The van der Waals surface area contributed by atoms with Gasteiger partial charge in [-0.3, -0.25) is 0 Å². The third-order valence-corrected chi connectivity index (χ3v) is 17.1. The number of allylic oxidation sites excluding steroid dienone is 13. The lowest BCUT2D eigenvalue weighted by molar-refractivity contribution is 0.205. The van der Waals surface area contributed by atoms with E-state index >= 15 is 0 Å². The number of hydrogen-bond donors (Lipinski definition) is 7. The number of fused-ring (bicyclic) bond motifs is 4. The van der Waals surface area contributed by atoms with Crippen LogP contribution in [0, 0.1) is 27.7 Å². The Labute approximate surface area is 561 Å². The SMILES string of the molecule is C=C1C=C(N(C)C)OC2=C1CC=C2B(O)O.C=C1C=C(N(C)C)OC2=C1CC=C2CNc1ccc2cc(C)n(C)c2n1.C=C1C=C(N(C)C)OC2=C1CC=C2Nc1ccc2cc(C)n(C)c2n1.CN.Cc1cc2ccc(N)nc2n1C.Cc1cc2ccc(NCCl)nc2n1C. The van der Waals surface area contributed by atoms with E-state index in [9.17, 15) is 10.0 Å². The Bertz CT molecular complexity index is 4630. The predicted octanol–water partition coefficient (Wildman–Crippen LogP) is 11.8. The van der Waals surface area contributed by atoms with Crippen LogP contribution in [0.4, 0.5) is 23.3 Å². The van der Waals surface area contributed by atoms with Gasteiger partial charge in [-0.1, -0.05) is 38.0 Å². The number of nitrogens with one attached hydrogen (secondary N) is 3. The van der Waals surface area contributed by atoms with E-state index in [1.807, 2.05) is 144 Å². The molecule has 0 amide bonds. The number of rotatable bonds is 11. The zero-order valence-electron chi connectivity index (χ0n) is 57.2. The van der Waals surface area contributed by atoms with Gasteiger partial charge in [-0.25, -0.2) is 19.9 Å². The van der Waals surface area contributed by atoms with Gasteiger partial charge in [-0.15, -0.1) is 11.6 Å². The zero-order chi connectivity index (χ0) is 68.9. The molecule has 0 spiro atoms. The largest absolute Gasteiger partial charge is 0.491 e. The molecule has 23 heteroatoms. The third kappa shape index (κ3) is 15.1. The summed E-state index contributed by atoms with van der Waals surface area (Å²) in [4.78, 5) is 23.9. The van der Waals surface area contributed by atoms with Crippen LogP contribution in [0.1, 0.15) is 42.0 Å². The van der Waals surface area contributed by atoms with Crippen LogP contribution in [0.5, 0.6) is 0 Å². The van der Waals surface area contributed by atoms with Crippen LogP contribution in [0.25, 0.3) is 44.1 Å². The molecular formula is C72H88BClN16O5. The summed E-state index contributed by atoms with van der Waals surface area (Å²) in [7, 11) is 19.7. The molecule has 95 heavy (non-hydrogen) atoms. The van der Waals surface area contributed by atoms with E-state index in [1.54, 1.807) is 6.08 Å². The summed E-state index contributed by atoms with van der Waals surface area (Å²) in [5, 5.41) is 32.9. The highest BCUT2D eigenvalue weighted by Crippen LogP contribution is 2.41. The maximum Gasteiger partial charge on any atom is 0.491 e. The van der Waals surface area contributed by atoms with E-state index in [4.69, 9.17) is 41.5 Å². The quantitative estimate of drug-likeness (QED) is 0.0362. The Kier molecular flexibility index (Phi) is 21.5. The van der Waals surface area contributed by atoms with Crippen LogP contribution in [0.2, 0.25) is 0 Å². The topological polar surface area (TPSA) is 237 Å². The molecule has 6 aliphatic rings. The number of nitrogens with two attached hydrogens (primary N) is 2. The summed E-state index contributed by atoms with van der Waals surface area (Å²) < 4.78 is 26.1. The van der Waals surface area contributed by atoms with Gasteiger partial charge in [0.2, 0.25) is 0 Å². The zero-order valence-corrected chi connectivity index (χ0v) is 58.0. The average molecular weight is 1300 g/mol. The van der Waals surface area contributed by atoms with Gasteiger partial charge in [0.05, 0.1) is 11.7 Å². The second kappa shape index (κ2) is 29.4. The van der Waals surface area contributed by atoms with Crippen LogP contribution in [-0.2, 0) is 42.4 Å². The summed E-state index contributed by atoms with van der Waals surface area (Å²) in [6, 6.07) is 24.9. The normalized spacial score (nSPS) is 15.0. The van der Waals surface area contributed by atoms with Crippen molar-refractivity contribution in [1.82, 2.24) is 52.9 Å². The number of pyridine rings is 4. The van der Waals surface area contributed by atoms with Crippen molar-refractivity contribution in [1.29, 1.82) is 0 Å². The lowest BCUT2D eigenvalue weighted by Crippen LogP contribution is -2.22. The molecule has 0 saturated heterocycles. The Hall–Kier alpha value is -10.1. The molecule has 8 aromatic heterocycles. The molecule has 0 unspecified atom stereocenters. The van der Waals surface area contributed by atoms with Gasteiger partial charge in [0.15, 0.2) is 23.4 Å². The Morgan fingerprint density at radius 3 is 1.34 bits per heavy atom. The standard InChI is InChI=1S/C21H24N4O.C20H22N4O.C11H14BNO3.C10H12ClN3.C9H11N3.CH5N/c1-13-10-19(24(3)4)26-20-16(6-8-17(13)20)12-22-18-9-7-15-11-14(2)25(5)21(15)23-18;1-12-10-18(23(3)4)25-19-15(12)7-8-16(19)21-17-9-6-14-11-13(2)24(5)20(14)22-17;1-7-6-10(13(2)3)16-11-8(7)4-5-9(11)12(14)15;1-7-5-8-3-4-9(12-6-11)13-10(8)14(7)2;1-6-5-7-3-4-8(10)11-9(7)12(6)2;1-2/h6-7,9-11H,1,8,12H2,2-5H3,(H,22,23);6,8-11H,1,7H2,2-5H3,(H,21,22);5-6,14-15H,1,4H2,2-3H3;3-5H,6H2,1-2H3,(H,12,13);3-5H,1-2H3,(H2,10,11);2H2,1H3. The smallest absolute Gasteiger partial charge is 0.441 e. The van der Waals surface area contributed by atoms with Gasteiger partial charge in [0.1, 0.15) is 57.4 Å². The maximum absolute atomic E-state index is 9.21. The monoisotopic (exact) mass is 1300 g/mol. The van der Waals surface area contributed by atoms with Gasteiger partial charge < -0.3 is 84.6 Å². The summed E-state index contributed by atoms with van der Waals surface area (Å²) in [5.74, 6) is 7.64. The molecule has 496 valence electrons. The van der Waals surface area contributed by atoms with Crippen molar-refractivity contribution in [3.05, 3.63) is 237 Å². The summed E-state index contributed by atoms with van der Waals surface area (Å²) in [6.07, 6.45) is 14.2. The molecular weight excluding hydrogens is 1220 g/mol. The van der Waals surface area contributed by atoms with E-state index in [0.717, 1.165) is 137 Å². The molecule has 3 aliphatic heterocycles. The minimum atomic E-state index is -1.50. The van der Waals surface area contributed by atoms with Gasteiger partial charge in [-0.05, 0) is 144 Å². The molecule has 9 N–H and O–H groups in total. The molecule has 21 nitrogen and oxygen atoms in total. The number of nitrogens with zero attached hydrogens (tertiary/aromatic N) is 11. The number of aromatic nitrogens is 8. The molecule has 0 atom stereocenters. The lowest BCUT2D eigenvalue weighted by atomic mass is 9.78. The Morgan fingerprint density at radius 1 is 0.516 bits per heavy atom. The van der Waals surface area contributed by atoms with Crippen molar-refractivity contribution in [2.24, 2.45) is 33.9 Å². The van der Waals surface area contributed by atoms with Crippen molar-refractivity contribution in [3.8, 4) is 0 Å². The fourth-order valence-corrected chi connectivity index (χ4v) is 11.3. The van der Waals surface area contributed by atoms with E-state index in [2.05, 4.69) is 141 Å². The van der Waals surface area contributed by atoms with Crippen LogP contribution >= 0.6 is 11.6 Å². The van der Waals surface area contributed by atoms with E-state index in [0.29, 0.717) is 41.9 Å². The van der Waals surface area contributed by atoms with Crippen LogP contribution in [0.15, 0.2) is 214 Å². The van der Waals surface area contributed by atoms with Crippen molar-refractivity contribution in [2.75, 3.05) is 83.6 Å². The maximum atomic E-state index is 9.21. The molecule has 8 aromatic rings. The fraction of sp³-hybridized carbons (Fsp3) is 0.278. The highest BCUT2D eigenvalue weighted by Gasteiger charge is 2.33. The molecule has 11 heterocycles. The summed E-state index contributed by atoms with van der Waals surface area (Å²) in [5.41, 5.74) is 27.4. The van der Waals surface area contributed by atoms with Crippen molar-refractivity contribution in [3.63, 3.8) is 0 Å². The molecule has 0 radical (unpaired) electrons. The van der Waals surface area contributed by atoms with Crippen molar-refractivity contribution >= 4 is 86.1 Å². The number of hydrogen-bond acceptors (Lipinski definition) is 17. The van der Waals surface area contributed by atoms with Crippen molar-refractivity contribution < 1.29 is 24.3 Å². The van der Waals surface area contributed by atoms with Crippen LogP contribution < -0.4 is 27.4 Å². The predicted molar refractivity (Wildman–Crippen MR) is 388 cm³/mol. The van der Waals surface area contributed by atoms with Gasteiger partial charge in [0, 0.05) is 167 Å². The van der Waals surface area contributed by atoms with E-state index in [1.165, 1.54) is 35.4 Å². The average Bonchev–Trinajstić information content (AvgIpc) is 1.72. The minimum Gasteiger partial charge on any atom is -0.441 e. The molecule has 14 rings (SSSR count). The van der Waals surface area contributed by atoms with E-state index in [-0.39, 0.29) is 0 Å². The first-order valence-electron chi connectivity index (χ1n) is 31.1. The first-order chi connectivity index (χ1) is 45.3. The van der Waals surface area contributed by atoms with Gasteiger partial charge in [-0.2, -0.15) is 0 Å². The number of halogens is 1. The second-order valence-electron chi connectivity index (χ2n) is 24.1. The summed E-state index contributed by atoms with van der Waals surface area (Å²) >= 11 is 5.57. The van der Waals surface area contributed by atoms with Crippen LogP contribution in [0.3, 0.4) is 0 Å².